The van der Waals surface area contributed by atoms with E-state index in [-0.39, 0.29) is 12.4 Å². The molecule has 136 valence electrons. The molecule has 1 N–H and O–H groups in total. The molecule has 3 heterocycles. The highest BCUT2D eigenvalue weighted by Gasteiger charge is 2.26. The summed E-state index contributed by atoms with van der Waals surface area (Å²) >= 11 is 1.74. The van der Waals surface area contributed by atoms with Crippen molar-refractivity contribution >= 4 is 39.5 Å². The molecule has 2 aliphatic heterocycles. The molecule has 5 nitrogen and oxygen atoms in total. The lowest BCUT2D eigenvalue weighted by molar-refractivity contribution is 0.459. The van der Waals surface area contributed by atoms with Crippen LogP contribution in [0, 0.1) is 0 Å². The number of nitrogens with zero attached hydrogens (tertiary/aromatic N) is 2. The molecule has 2 aromatic rings. The quantitative estimate of drug-likeness (QED) is 0.861. The number of fused-ring (bicyclic) bond motifs is 1. The Bertz CT molecular complexity index is 861. The van der Waals surface area contributed by atoms with Gasteiger partial charge in [0.2, 0.25) is 10.0 Å². The summed E-state index contributed by atoms with van der Waals surface area (Å²) in [6.45, 7) is 2.68. The monoisotopic (exact) mass is 399 g/mol. The number of anilines is 1. The fraction of sp³-hybridized carbons (Fsp3) is 0.471. The van der Waals surface area contributed by atoms with Crippen LogP contribution in [0.25, 0.3) is 11.3 Å². The number of hydrogen-bond donors (Lipinski definition) is 1. The standard InChI is InChI=1S/C17H21N3O2S2.ClH/c1-24(21,22)20-9-6-14-10-13(2-3-16(14)20)15-11-23-17(19-15)12-4-7-18-8-5-12;/h2-3,10-12,18H,4-9H2,1H3;1H. The summed E-state index contributed by atoms with van der Waals surface area (Å²) in [4.78, 5) is 4.86. The Hall–Kier alpha value is -1.15. The SMILES string of the molecule is CS(=O)(=O)N1CCc2cc(-c3csc(C4CCNCC4)n3)ccc21.Cl. The van der Waals surface area contributed by atoms with E-state index in [0.717, 1.165) is 54.9 Å². The largest absolute Gasteiger partial charge is 0.317 e. The van der Waals surface area contributed by atoms with Gasteiger partial charge in [-0.3, -0.25) is 4.31 Å². The molecule has 0 amide bonds. The van der Waals surface area contributed by atoms with Crippen LogP contribution in [-0.2, 0) is 16.4 Å². The molecule has 0 bridgehead atoms. The number of rotatable bonds is 3. The number of nitrogens with one attached hydrogen (secondary N) is 1. The van der Waals surface area contributed by atoms with Crippen LogP contribution < -0.4 is 9.62 Å². The first-order valence-corrected chi connectivity index (χ1v) is 11.0. The van der Waals surface area contributed by atoms with E-state index < -0.39 is 10.0 Å². The van der Waals surface area contributed by atoms with E-state index in [1.165, 1.54) is 15.6 Å². The van der Waals surface area contributed by atoms with Crippen LogP contribution in [0.3, 0.4) is 0 Å². The molecule has 1 saturated heterocycles. The van der Waals surface area contributed by atoms with Crippen molar-refractivity contribution in [2.45, 2.75) is 25.2 Å². The average molecular weight is 400 g/mol. The van der Waals surface area contributed by atoms with E-state index in [1.54, 1.807) is 11.3 Å². The Morgan fingerprint density at radius 2 is 2.04 bits per heavy atom. The van der Waals surface area contributed by atoms with Crippen molar-refractivity contribution in [3.63, 3.8) is 0 Å². The Balaban J connectivity index is 0.00000182. The molecule has 1 aromatic carbocycles. The zero-order chi connectivity index (χ0) is 16.7. The van der Waals surface area contributed by atoms with Crippen molar-refractivity contribution in [2.75, 3.05) is 30.2 Å². The third-order valence-electron chi connectivity index (χ3n) is 4.84. The van der Waals surface area contributed by atoms with E-state index >= 15 is 0 Å². The number of sulfonamides is 1. The smallest absolute Gasteiger partial charge is 0.232 e. The fourth-order valence-electron chi connectivity index (χ4n) is 3.55. The van der Waals surface area contributed by atoms with Crippen molar-refractivity contribution in [1.29, 1.82) is 0 Å². The van der Waals surface area contributed by atoms with Gasteiger partial charge in [0.15, 0.2) is 0 Å². The van der Waals surface area contributed by atoms with Gasteiger partial charge < -0.3 is 5.32 Å². The second-order valence-electron chi connectivity index (χ2n) is 6.52. The van der Waals surface area contributed by atoms with E-state index in [0.29, 0.717) is 12.5 Å². The van der Waals surface area contributed by atoms with Gasteiger partial charge >= 0.3 is 0 Å². The number of aromatic nitrogens is 1. The normalized spacial score (nSPS) is 18.0. The first-order valence-electron chi connectivity index (χ1n) is 8.29. The number of benzene rings is 1. The molecule has 0 atom stereocenters. The average Bonchev–Trinajstić information content (AvgIpc) is 3.21. The molecule has 25 heavy (non-hydrogen) atoms. The Morgan fingerprint density at radius 3 is 2.76 bits per heavy atom. The fourth-order valence-corrected chi connectivity index (χ4v) is 5.51. The molecule has 1 fully saturated rings. The predicted octanol–water partition coefficient (Wildman–Crippen LogP) is 3.02. The van der Waals surface area contributed by atoms with E-state index in [2.05, 4.69) is 16.8 Å². The van der Waals surface area contributed by atoms with Crippen LogP contribution in [0.1, 0.15) is 29.3 Å². The zero-order valence-corrected chi connectivity index (χ0v) is 16.5. The second kappa shape index (κ2) is 7.23. The molecule has 0 aliphatic carbocycles. The lowest BCUT2D eigenvalue weighted by Gasteiger charge is -2.20. The van der Waals surface area contributed by atoms with Crippen LogP contribution >= 0.6 is 23.7 Å². The van der Waals surface area contributed by atoms with Gasteiger partial charge in [0.1, 0.15) is 0 Å². The minimum Gasteiger partial charge on any atom is -0.317 e. The molecule has 8 heteroatoms. The van der Waals surface area contributed by atoms with Gasteiger partial charge in [-0.2, -0.15) is 0 Å². The van der Waals surface area contributed by atoms with Crippen molar-refractivity contribution in [3.8, 4) is 11.3 Å². The van der Waals surface area contributed by atoms with Crippen molar-refractivity contribution in [3.05, 3.63) is 34.2 Å². The molecule has 0 radical (unpaired) electrons. The highest BCUT2D eigenvalue weighted by molar-refractivity contribution is 7.92. The van der Waals surface area contributed by atoms with Gasteiger partial charge in [-0.1, -0.05) is 6.07 Å². The third-order valence-corrected chi connectivity index (χ3v) is 7.03. The molecule has 0 spiro atoms. The molecule has 1 aromatic heterocycles. The topological polar surface area (TPSA) is 62.3 Å². The molecule has 0 saturated carbocycles. The molecule has 2 aliphatic rings. The summed E-state index contributed by atoms with van der Waals surface area (Å²) in [5.74, 6) is 0.570. The van der Waals surface area contributed by atoms with Gasteiger partial charge in [-0.05, 0) is 50.0 Å². The minimum absolute atomic E-state index is 0. The molecule has 4 rings (SSSR count). The maximum absolute atomic E-state index is 11.8. The Labute approximate surface area is 158 Å². The predicted molar refractivity (Wildman–Crippen MR) is 106 cm³/mol. The van der Waals surface area contributed by atoms with Crippen LogP contribution in [-0.4, -0.2) is 39.3 Å². The molecular formula is C17H22ClN3O2S2. The van der Waals surface area contributed by atoms with Gasteiger partial charge in [0.25, 0.3) is 0 Å². The summed E-state index contributed by atoms with van der Waals surface area (Å²) in [5.41, 5.74) is 4.00. The summed E-state index contributed by atoms with van der Waals surface area (Å²) in [6.07, 6.45) is 4.34. The number of hydrogen-bond acceptors (Lipinski definition) is 5. The number of thiazole rings is 1. The van der Waals surface area contributed by atoms with Gasteiger partial charge in [0, 0.05) is 23.4 Å². The summed E-state index contributed by atoms with van der Waals surface area (Å²) < 4.78 is 25.2. The maximum atomic E-state index is 11.8. The molecule has 0 unspecified atom stereocenters. The summed E-state index contributed by atoms with van der Waals surface area (Å²) in [7, 11) is -3.19. The lowest BCUT2D eigenvalue weighted by atomic mass is 9.99. The maximum Gasteiger partial charge on any atom is 0.232 e. The summed E-state index contributed by atoms with van der Waals surface area (Å²) in [5, 5.41) is 6.74. The van der Waals surface area contributed by atoms with Crippen LogP contribution in [0.4, 0.5) is 5.69 Å². The third kappa shape index (κ3) is 3.69. The summed E-state index contributed by atoms with van der Waals surface area (Å²) in [6, 6.07) is 6.01. The van der Waals surface area contributed by atoms with Crippen LogP contribution in [0.15, 0.2) is 23.6 Å². The number of halogens is 1. The van der Waals surface area contributed by atoms with Crippen LogP contribution in [0.2, 0.25) is 0 Å². The zero-order valence-electron chi connectivity index (χ0n) is 14.1. The Kier molecular flexibility index (Phi) is 5.39. The van der Waals surface area contributed by atoms with E-state index in [4.69, 9.17) is 4.98 Å². The van der Waals surface area contributed by atoms with Gasteiger partial charge in [0.05, 0.1) is 22.6 Å². The first-order chi connectivity index (χ1) is 11.5. The first kappa shape index (κ1) is 18.6. The van der Waals surface area contributed by atoms with Gasteiger partial charge in [-0.15, -0.1) is 23.7 Å². The van der Waals surface area contributed by atoms with Crippen molar-refractivity contribution < 1.29 is 8.42 Å². The highest BCUT2D eigenvalue weighted by atomic mass is 35.5. The highest BCUT2D eigenvalue weighted by Crippen LogP contribution is 2.35. The van der Waals surface area contributed by atoms with Crippen molar-refractivity contribution in [1.82, 2.24) is 10.3 Å². The van der Waals surface area contributed by atoms with Crippen LogP contribution in [0.5, 0.6) is 0 Å². The lowest BCUT2D eigenvalue weighted by Crippen LogP contribution is -2.27. The molecular weight excluding hydrogens is 378 g/mol. The Morgan fingerprint density at radius 1 is 1.28 bits per heavy atom. The number of piperidine rings is 1. The van der Waals surface area contributed by atoms with Gasteiger partial charge in [-0.25, -0.2) is 13.4 Å². The van der Waals surface area contributed by atoms with Crippen molar-refractivity contribution in [2.24, 2.45) is 0 Å². The van der Waals surface area contributed by atoms with E-state index in [1.807, 2.05) is 12.1 Å². The minimum atomic E-state index is -3.19. The van der Waals surface area contributed by atoms with E-state index in [9.17, 15) is 8.42 Å². The second-order valence-corrected chi connectivity index (χ2v) is 9.32.